The maximum Gasteiger partial charge on any atom is 0.269 e. The van der Waals surface area contributed by atoms with E-state index in [9.17, 15) is 19.7 Å². The molecule has 0 fully saturated rings. The van der Waals surface area contributed by atoms with Crippen LogP contribution in [0.3, 0.4) is 0 Å². The molecular weight excluding hydrogens is 346 g/mol. The van der Waals surface area contributed by atoms with Gasteiger partial charge >= 0.3 is 0 Å². The van der Waals surface area contributed by atoms with Crippen LogP contribution in [-0.4, -0.2) is 16.7 Å². The Morgan fingerprint density at radius 1 is 1.07 bits per heavy atom. The zero-order valence-electron chi connectivity index (χ0n) is 15.6. The topological polar surface area (TPSA) is 101 Å². The van der Waals surface area contributed by atoms with E-state index in [-0.39, 0.29) is 23.4 Å². The number of rotatable bonds is 7. The first-order chi connectivity index (χ1) is 12.8. The number of anilines is 2. The Morgan fingerprint density at radius 2 is 1.78 bits per heavy atom. The van der Waals surface area contributed by atoms with Crippen molar-refractivity contribution in [2.75, 3.05) is 10.6 Å². The number of nitrogens with one attached hydrogen (secondary N) is 2. The standard InChI is InChI=1S/C20H23N3O4/c1-4-14(5-2)19(24)21-16-8-6-7-15(12-16)20(25)22-18-10-9-17(23(26)27)11-13(18)3/h6-12,14H,4-5H2,1-3H3,(H,21,24)(H,22,25). The van der Waals surface area contributed by atoms with Crippen LogP contribution in [0.4, 0.5) is 17.1 Å². The molecule has 2 rings (SSSR count). The molecule has 0 aliphatic carbocycles. The first-order valence-electron chi connectivity index (χ1n) is 8.83. The van der Waals surface area contributed by atoms with Crippen molar-refractivity contribution in [2.24, 2.45) is 5.92 Å². The second kappa shape index (κ2) is 8.93. The maximum absolute atomic E-state index is 12.5. The lowest BCUT2D eigenvalue weighted by Crippen LogP contribution is -2.22. The Hall–Kier alpha value is -3.22. The van der Waals surface area contributed by atoms with Crippen molar-refractivity contribution >= 4 is 28.9 Å². The third-order valence-corrected chi connectivity index (χ3v) is 4.42. The second-order valence-electron chi connectivity index (χ2n) is 6.29. The van der Waals surface area contributed by atoms with Crippen molar-refractivity contribution in [3.8, 4) is 0 Å². The van der Waals surface area contributed by atoms with Gasteiger partial charge in [-0.1, -0.05) is 19.9 Å². The van der Waals surface area contributed by atoms with E-state index < -0.39 is 4.92 Å². The van der Waals surface area contributed by atoms with Gasteiger partial charge in [0, 0.05) is 35.0 Å². The van der Waals surface area contributed by atoms with Gasteiger partial charge in [0.05, 0.1) is 4.92 Å². The number of nitro groups is 1. The van der Waals surface area contributed by atoms with Crippen LogP contribution in [0, 0.1) is 23.0 Å². The normalized spacial score (nSPS) is 10.5. The van der Waals surface area contributed by atoms with Gasteiger partial charge in [-0.3, -0.25) is 19.7 Å². The van der Waals surface area contributed by atoms with E-state index in [1.807, 2.05) is 13.8 Å². The van der Waals surface area contributed by atoms with Crippen molar-refractivity contribution in [1.29, 1.82) is 0 Å². The van der Waals surface area contributed by atoms with Crippen LogP contribution in [0.5, 0.6) is 0 Å². The van der Waals surface area contributed by atoms with Gasteiger partial charge in [0.15, 0.2) is 0 Å². The molecule has 0 aliphatic rings. The lowest BCUT2D eigenvalue weighted by Gasteiger charge is -2.13. The zero-order valence-corrected chi connectivity index (χ0v) is 15.6. The fourth-order valence-corrected chi connectivity index (χ4v) is 2.74. The predicted octanol–water partition coefficient (Wildman–Crippen LogP) is 4.53. The predicted molar refractivity (Wildman–Crippen MR) is 105 cm³/mol. The molecule has 0 unspecified atom stereocenters. The molecule has 2 N–H and O–H groups in total. The van der Waals surface area contributed by atoms with Crippen molar-refractivity contribution in [2.45, 2.75) is 33.6 Å². The summed E-state index contributed by atoms with van der Waals surface area (Å²) in [6.07, 6.45) is 1.50. The lowest BCUT2D eigenvalue weighted by molar-refractivity contribution is -0.384. The highest BCUT2D eigenvalue weighted by Crippen LogP contribution is 2.22. The second-order valence-corrected chi connectivity index (χ2v) is 6.29. The molecule has 7 heteroatoms. The summed E-state index contributed by atoms with van der Waals surface area (Å²) in [5.74, 6) is -0.486. The number of hydrogen-bond acceptors (Lipinski definition) is 4. The molecule has 2 aromatic rings. The van der Waals surface area contributed by atoms with Crippen LogP contribution in [0.1, 0.15) is 42.6 Å². The molecule has 0 spiro atoms. The molecule has 142 valence electrons. The fourth-order valence-electron chi connectivity index (χ4n) is 2.74. The number of nitrogens with zero attached hydrogens (tertiary/aromatic N) is 1. The molecule has 27 heavy (non-hydrogen) atoms. The average molecular weight is 369 g/mol. The van der Waals surface area contributed by atoms with Crippen molar-refractivity contribution in [3.05, 3.63) is 63.7 Å². The summed E-state index contributed by atoms with van der Waals surface area (Å²) in [4.78, 5) is 35.1. The largest absolute Gasteiger partial charge is 0.326 e. The van der Waals surface area contributed by atoms with Gasteiger partial charge in [-0.15, -0.1) is 0 Å². The molecule has 0 bridgehead atoms. The molecule has 2 amide bonds. The highest BCUT2D eigenvalue weighted by atomic mass is 16.6. The number of non-ortho nitro benzene ring substituents is 1. The summed E-state index contributed by atoms with van der Waals surface area (Å²) in [7, 11) is 0. The van der Waals surface area contributed by atoms with E-state index in [2.05, 4.69) is 10.6 Å². The highest BCUT2D eigenvalue weighted by molar-refractivity contribution is 6.05. The first kappa shape index (κ1) is 20.1. The quantitative estimate of drug-likeness (QED) is 0.553. The van der Waals surface area contributed by atoms with Gasteiger partial charge in [-0.05, 0) is 49.6 Å². The summed E-state index contributed by atoms with van der Waals surface area (Å²) in [6, 6.07) is 10.9. The molecule has 0 atom stereocenters. The maximum atomic E-state index is 12.5. The number of carbonyl (C=O) groups is 2. The minimum absolute atomic E-state index is 0.0309. The number of hydrogen-bond donors (Lipinski definition) is 2. The molecule has 7 nitrogen and oxygen atoms in total. The van der Waals surface area contributed by atoms with Crippen LogP contribution < -0.4 is 10.6 Å². The SMILES string of the molecule is CCC(CC)C(=O)Nc1cccc(C(=O)Nc2ccc([N+](=O)[O-])cc2C)c1. The van der Waals surface area contributed by atoms with Crippen LogP contribution >= 0.6 is 0 Å². The Balaban J connectivity index is 2.13. The number of aryl methyl sites for hydroxylation is 1. The molecule has 0 radical (unpaired) electrons. The van der Waals surface area contributed by atoms with E-state index in [4.69, 9.17) is 0 Å². The first-order valence-corrected chi connectivity index (χ1v) is 8.83. The molecule has 0 heterocycles. The molecule has 0 saturated heterocycles. The smallest absolute Gasteiger partial charge is 0.269 e. The van der Waals surface area contributed by atoms with Crippen molar-refractivity contribution < 1.29 is 14.5 Å². The summed E-state index contributed by atoms with van der Waals surface area (Å²) in [5.41, 5.74) is 2.00. The van der Waals surface area contributed by atoms with E-state index in [1.54, 1.807) is 31.2 Å². The number of nitro benzene ring substituents is 1. The Labute approximate surface area is 157 Å². The van der Waals surface area contributed by atoms with Crippen LogP contribution in [0.25, 0.3) is 0 Å². The van der Waals surface area contributed by atoms with Crippen molar-refractivity contribution in [3.63, 3.8) is 0 Å². The molecular formula is C20H23N3O4. The van der Waals surface area contributed by atoms with Crippen LogP contribution in [0.15, 0.2) is 42.5 Å². The minimum atomic E-state index is -0.482. The van der Waals surface area contributed by atoms with Gasteiger partial charge in [0.1, 0.15) is 0 Å². The summed E-state index contributed by atoms with van der Waals surface area (Å²) >= 11 is 0. The Morgan fingerprint density at radius 3 is 2.37 bits per heavy atom. The third kappa shape index (κ3) is 5.13. The monoisotopic (exact) mass is 369 g/mol. The van der Waals surface area contributed by atoms with Gasteiger partial charge in [0.25, 0.3) is 11.6 Å². The zero-order chi connectivity index (χ0) is 20.0. The minimum Gasteiger partial charge on any atom is -0.326 e. The highest BCUT2D eigenvalue weighted by Gasteiger charge is 2.15. The molecule has 0 aromatic heterocycles. The van der Waals surface area contributed by atoms with Gasteiger partial charge in [-0.2, -0.15) is 0 Å². The van der Waals surface area contributed by atoms with E-state index in [0.717, 1.165) is 12.8 Å². The average Bonchev–Trinajstić information content (AvgIpc) is 2.64. The third-order valence-electron chi connectivity index (χ3n) is 4.42. The number of carbonyl (C=O) groups excluding carboxylic acids is 2. The Bertz CT molecular complexity index is 860. The van der Waals surface area contributed by atoms with Gasteiger partial charge in [-0.25, -0.2) is 0 Å². The van der Waals surface area contributed by atoms with Crippen LogP contribution in [-0.2, 0) is 4.79 Å². The van der Waals surface area contributed by atoms with E-state index >= 15 is 0 Å². The molecule has 0 saturated carbocycles. The van der Waals surface area contributed by atoms with Crippen molar-refractivity contribution in [1.82, 2.24) is 0 Å². The lowest BCUT2D eigenvalue weighted by atomic mass is 10.0. The van der Waals surface area contributed by atoms with E-state index in [1.165, 1.54) is 18.2 Å². The summed E-state index contributed by atoms with van der Waals surface area (Å²) in [6.45, 7) is 5.61. The number of amides is 2. The van der Waals surface area contributed by atoms with Gasteiger partial charge < -0.3 is 10.6 Å². The molecule has 2 aromatic carbocycles. The number of benzene rings is 2. The summed E-state index contributed by atoms with van der Waals surface area (Å²) in [5, 5.41) is 16.4. The fraction of sp³-hybridized carbons (Fsp3) is 0.300. The molecule has 0 aliphatic heterocycles. The Kier molecular flexibility index (Phi) is 6.65. The summed E-state index contributed by atoms with van der Waals surface area (Å²) < 4.78 is 0. The van der Waals surface area contributed by atoms with Gasteiger partial charge in [0.2, 0.25) is 5.91 Å². The van der Waals surface area contributed by atoms with Crippen LogP contribution in [0.2, 0.25) is 0 Å². The van der Waals surface area contributed by atoms with E-state index in [0.29, 0.717) is 22.5 Å².